The summed E-state index contributed by atoms with van der Waals surface area (Å²) >= 11 is 0. The summed E-state index contributed by atoms with van der Waals surface area (Å²) in [6.07, 6.45) is 3.21. The normalized spacial score (nSPS) is 14.2. The lowest BCUT2D eigenvalue weighted by molar-refractivity contribution is 0.0322. The second kappa shape index (κ2) is 13.6. The van der Waals surface area contributed by atoms with E-state index in [-0.39, 0.29) is 17.9 Å². The lowest BCUT2D eigenvalue weighted by atomic mass is 9.96. The van der Waals surface area contributed by atoms with Crippen molar-refractivity contribution in [2.24, 2.45) is 0 Å². The van der Waals surface area contributed by atoms with Gasteiger partial charge in [0.25, 0.3) is 0 Å². The summed E-state index contributed by atoms with van der Waals surface area (Å²) in [5, 5.41) is 0. The summed E-state index contributed by atoms with van der Waals surface area (Å²) in [4.78, 5) is 28.0. The Hall–Kier alpha value is -3.16. The first-order chi connectivity index (χ1) is 18.1. The van der Waals surface area contributed by atoms with E-state index in [2.05, 4.69) is 4.90 Å². The third-order valence-corrected chi connectivity index (χ3v) is 6.49. The monoisotopic (exact) mass is 523 g/mol. The molecule has 1 fully saturated rings. The molecule has 2 aromatic rings. The van der Waals surface area contributed by atoms with E-state index >= 15 is 0 Å². The highest BCUT2D eigenvalue weighted by atomic mass is 16.5. The molecule has 0 unspecified atom stereocenters. The largest absolute Gasteiger partial charge is 0.492 e. The van der Waals surface area contributed by atoms with Gasteiger partial charge in [0.2, 0.25) is 0 Å². The lowest BCUT2D eigenvalue weighted by Crippen LogP contribution is -2.38. The quantitative estimate of drug-likeness (QED) is 0.219. The Bertz CT molecular complexity index is 1150. The van der Waals surface area contributed by atoms with Gasteiger partial charge in [-0.3, -0.25) is 9.69 Å². The molecule has 1 heterocycles. The Kier molecular flexibility index (Phi) is 10.5. The fourth-order valence-corrected chi connectivity index (χ4v) is 4.71. The van der Waals surface area contributed by atoms with Gasteiger partial charge in [-0.15, -0.1) is 0 Å². The first kappa shape index (κ1) is 29.4. The van der Waals surface area contributed by atoms with Crippen molar-refractivity contribution in [3.05, 3.63) is 63.2 Å². The van der Waals surface area contributed by atoms with Gasteiger partial charge in [0.15, 0.2) is 5.78 Å². The molecule has 0 radical (unpaired) electrons. The van der Waals surface area contributed by atoms with Crippen molar-refractivity contribution in [2.75, 3.05) is 46.1 Å². The van der Waals surface area contributed by atoms with Crippen LogP contribution in [0, 0.1) is 27.7 Å². The van der Waals surface area contributed by atoms with Gasteiger partial charge in [0.1, 0.15) is 18.1 Å². The Morgan fingerprint density at radius 3 is 2.26 bits per heavy atom. The molecule has 206 valence electrons. The number of carbonyl (C=O) groups is 2. The molecule has 3 rings (SSSR count). The predicted octanol–water partition coefficient (Wildman–Crippen LogP) is 5.49. The Balaban J connectivity index is 1.79. The van der Waals surface area contributed by atoms with Crippen molar-refractivity contribution >= 4 is 17.8 Å². The molecule has 0 saturated carbocycles. The van der Waals surface area contributed by atoms with Crippen LogP contribution in [0.5, 0.6) is 11.5 Å². The molecular weight excluding hydrogens is 482 g/mol. The minimum Gasteiger partial charge on any atom is -0.492 e. The maximum Gasteiger partial charge on any atom is 0.338 e. The van der Waals surface area contributed by atoms with Gasteiger partial charge >= 0.3 is 5.97 Å². The number of rotatable bonds is 11. The van der Waals surface area contributed by atoms with E-state index in [1.165, 1.54) is 0 Å². The molecule has 0 N–H and O–H groups in total. The highest BCUT2D eigenvalue weighted by Gasteiger charge is 2.21. The van der Waals surface area contributed by atoms with Crippen LogP contribution in [-0.4, -0.2) is 68.8 Å². The fourth-order valence-electron chi connectivity index (χ4n) is 4.71. The van der Waals surface area contributed by atoms with E-state index in [4.69, 9.17) is 18.9 Å². The summed E-state index contributed by atoms with van der Waals surface area (Å²) in [6.45, 7) is 18.4. The minimum atomic E-state index is -0.374. The van der Waals surface area contributed by atoms with Crippen LogP contribution in [0.1, 0.15) is 69.3 Å². The molecule has 0 amide bonds. The standard InChI is InChI=1S/C31H41NO6/c1-8-36-31(34)28-21(4)17-25(30(24(28)7)38-20(2)3)9-10-27(33)26-18-22(5)29(23(6)19-26)37-16-13-32-11-14-35-15-12-32/h9-10,17-20H,8,11-16H2,1-7H3. The van der Waals surface area contributed by atoms with Crippen molar-refractivity contribution in [3.8, 4) is 11.5 Å². The number of ketones is 1. The summed E-state index contributed by atoms with van der Waals surface area (Å²) in [5.41, 5.74) is 5.17. The Morgan fingerprint density at radius 1 is 1.00 bits per heavy atom. The van der Waals surface area contributed by atoms with Gasteiger partial charge < -0.3 is 18.9 Å². The first-order valence-electron chi connectivity index (χ1n) is 13.4. The SMILES string of the molecule is CCOC(=O)c1c(C)cc(C=CC(=O)c2cc(C)c(OCCN3CCOCC3)c(C)c2)c(OC(C)C)c1C. The van der Waals surface area contributed by atoms with Gasteiger partial charge in [-0.05, 0) is 95.5 Å². The van der Waals surface area contributed by atoms with E-state index in [0.29, 0.717) is 35.7 Å². The molecule has 0 aromatic heterocycles. The van der Waals surface area contributed by atoms with Crippen LogP contribution in [-0.2, 0) is 9.47 Å². The van der Waals surface area contributed by atoms with Crippen LogP contribution in [0.2, 0.25) is 0 Å². The molecule has 7 nitrogen and oxygen atoms in total. The van der Waals surface area contributed by atoms with Gasteiger partial charge in [-0.25, -0.2) is 4.79 Å². The summed E-state index contributed by atoms with van der Waals surface area (Å²) in [5.74, 6) is 0.915. The van der Waals surface area contributed by atoms with Crippen molar-refractivity contribution in [3.63, 3.8) is 0 Å². The number of hydrogen-bond donors (Lipinski definition) is 0. The highest BCUT2D eigenvalue weighted by Crippen LogP contribution is 2.32. The van der Waals surface area contributed by atoms with Crippen LogP contribution >= 0.6 is 0 Å². The fraction of sp³-hybridized carbons (Fsp3) is 0.484. The van der Waals surface area contributed by atoms with E-state index in [0.717, 1.165) is 60.9 Å². The second-order valence-electron chi connectivity index (χ2n) is 9.94. The molecule has 0 spiro atoms. The third kappa shape index (κ3) is 7.45. The zero-order valence-electron chi connectivity index (χ0n) is 23.8. The van der Waals surface area contributed by atoms with Crippen LogP contribution in [0.3, 0.4) is 0 Å². The van der Waals surface area contributed by atoms with Crippen LogP contribution in [0.4, 0.5) is 0 Å². The molecule has 0 aliphatic carbocycles. The van der Waals surface area contributed by atoms with Crippen molar-refractivity contribution < 1.29 is 28.5 Å². The van der Waals surface area contributed by atoms with E-state index in [1.54, 1.807) is 19.1 Å². The number of morpholine rings is 1. The lowest BCUT2D eigenvalue weighted by Gasteiger charge is -2.26. The smallest absolute Gasteiger partial charge is 0.338 e. The number of aryl methyl sites for hydroxylation is 3. The molecule has 2 aromatic carbocycles. The van der Waals surface area contributed by atoms with Gasteiger partial charge in [-0.2, -0.15) is 0 Å². The van der Waals surface area contributed by atoms with Crippen molar-refractivity contribution in [1.29, 1.82) is 0 Å². The summed E-state index contributed by atoms with van der Waals surface area (Å²) in [7, 11) is 0. The topological polar surface area (TPSA) is 74.3 Å². The maximum atomic E-state index is 13.2. The van der Waals surface area contributed by atoms with Gasteiger partial charge in [-0.1, -0.05) is 0 Å². The van der Waals surface area contributed by atoms with Crippen LogP contribution in [0.15, 0.2) is 24.3 Å². The number of ether oxygens (including phenoxy) is 4. The number of carbonyl (C=O) groups excluding carboxylic acids is 2. The molecule has 0 bridgehead atoms. The molecule has 0 atom stereocenters. The summed E-state index contributed by atoms with van der Waals surface area (Å²) < 4.78 is 22.8. The molecule has 38 heavy (non-hydrogen) atoms. The Morgan fingerprint density at radius 2 is 1.66 bits per heavy atom. The zero-order valence-corrected chi connectivity index (χ0v) is 23.8. The molecular formula is C31H41NO6. The third-order valence-electron chi connectivity index (χ3n) is 6.49. The van der Waals surface area contributed by atoms with Crippen LogP contribution in [0.25, 0.3) is 6.08 Å². The molecule has 1 aliphatic heterocycles. The van der Waals surface area contributed by atoms with Crippen LogP contribution < -0.4 is 9.47 Å². The zero-order chi connectivity index (χ0) is 27.8. The number of hydrogen-bond acceptors (Lipinski definition) is 7. The molecule has 1 saturated heterocycles. The number of nitrogens with zero attached hydrogens (tertiary/aromatic N) is 1. The number of allylic oxidation sites excluding steroid dienone is 1. The molecule has 1 aliphatic rings. The first-order valence-corrected chi connectivity index (χ1v) is 13.4. The van der Waals surface area contributed by atoms with E-state index < -0.39 is 0 Å². The number of benzene rings is 2. The van der Waals surface area contributed by atoms with Crippen molar-refractivity contribution in [1.82, 2.24) is 4.90 Å². The highest BCUT2D eigenvalue weighted by molar-refractivity contribution is 6.07. The molecule has 7 heteroatoms. The predicted molar refractivity (Wildman–Crippen MR) is 150 cm³/mol. The van der Waals surface area contributed by atoms with E-state index in [1.807, 2.05) is 59.7 Å². The average molecular weight is 524 g/mol. The summed E-state index contributed by atoms with van der Waals surface area (Å²) in [6, 6.07) is 5.61. The minimum absolute atomic E-state index is 0.101. The Labute approximate surface area is 226 Å². The van der Waals surface area contributed by atoms with Gasteiger partial charge in [0, 0.05) is 36.3 Å². The number of esters is 1. The van der Waals surface area contributed by atoms with E-state index in [9.17, 15) is 9.59 Å². The van der Waals surface area contributed by atoms with Gasteiger partial charge in [0.05, 0.1) is 31.5 Å². The van der Waals surface area contributed by atoms with Crippen molar-refractivity contribution in [2.45, 2.75) is 54.6 Å². The average Bonchev–Trinajstić information content (AvgIpc) is 2.86. The second-order valence-corrected chi connectivity index (χ2v) is 9.94. The maximum absolute atomic E-state index is 13.2.